The van der Waals surface area contributed by atoms with Gasteiger partial charge in [-0.2, -0.15) is 0 Å². The van der Waals surface area contributed by atoms with Crippen molar-refractivity contribution >= 4 is 17.3 Å². The van der Waals surface area contributed by atoms with E-state index in [1.165, 1.54) is 37.4 Å². The second kappa shape index (κ2) is 7.61. The van der Waals surface area contributed by atoms with E-state index in [4.69, 9.17) is 9.47 Å². The molecule has 2 aromatic rings. The smallest absolute Gasteiger partial charge is 0.282 e. The number of methoxy groups -OCH3 is 1. The van der Waals surface area contributed by atoms with E-state index in [-0.39, 0.29) is 34.5 Å². The van der Waals surface area contributed by atoms with Gasteiger partial charge in [-0.05, 0) is 38.1 Å². The molecule has 0 radical (unpaired) electrons. The summed E-state index contributed by atoms with van der Waals surface area (Å²) in [4.78, 5) is 23.0. The van der Waals surface area contributed by atoms with Crippen LogP contribution in [0.3, 0.4) is 0 Å². The minimum absolute atomic E-state index is 0.0795. The number of carbonyl (C=O) groups is 1. The molecular formula is C17H17FN2O5. The molecule has 1 N–H and O–H groups in total. The van der Waals surface area contributed by atoms with Gasteiger partial charge in [-0.15, -0.1) is 0 Å². The van der Waals surface area contributed by atoms with E-state index in [0.717, 1.165) is 6.07 Å². The number of anilines is 1. The summed E-state index contributed by atoms with van der Waals surface area (Å²) in [6.07, 6.45) is -0.202. The summed E-state index contributed by atoms with van der Waals surface area (Å²) in [6, 6.07) is 7.46. The third-order valence-corrected chi connectivity index (χ3v) is 3.20. The standard InChI is InChI=1S/C17H17FN2O5/c1-10(2)25-16-7-4-11(18)8-14(16)19-17(21)13-9-12(24-3)5-6-15(13)20(22)23/h4-10H,1-3H3,(H,19,21). The molecule has 2 aromatic carbocycles. The van der Waals surface area contributed by atoms with E-state index < -0.39 is 16.6 Å². The minimum atomic E-state index is -0.773. The number of nitro groups is 1. The van der Waals surface area contributed by atoms with Gasteiger partial charge < -0.3 is 14.8 Å². The zero-order valence-electron chi connectivity index (χ0n) is 13.9. The van der Waals surface area contributed by atoms with Crippen LogP contribution in [0.25, 0.3) is 0 Å². The molecule has 0 saturated carbocycles. The highest BCUT2D eigenvalue weighted by molar-refractivity contribution is 6.08. The third-order valence-electron chi connectivity index (χ3n) is 3.20. The molecule has 25 heavy (non-hydrogen) atoms. The Morgan fingerprint density at radius 3 is 2.56 bits per heavy atom. The predicted molar refractivity (Wildman–Crippen MR) is 89.8 cm³/mol. The monoisotopic (exact) mass is 348 g/mol. The molecule has 8 heteroatoms. The molecule has 0 aliphatic carbocycles. The van der Waals surface area contributed by atoms with Gasteiger partial charge in [0.2, 0.25) is 0 Å². The zero-order valence-corrected chi connectivity index (χ0v) is 13.9. The van der Waals surface area contributed by atoms with E-state index in [1.807, 2.05) is 0 Å². The number of carbonyl (C=O) groups excluding carboxylic acids is 1. The van der Waals surface area contributed by atoms with Gasteiger partial charge in [0.15, 0.2) is 0 Å². The van der Waals surface area contributed by atoms with E-state index >= 15 is 0 Å². The number of amides is 1. The number of hydrogen-bond donors (Lipinski definition) is 1. The first-order valence-corrected chi connectivity index (χ1v) is 7.41. The van der Waals surface area contributed by atoms with Crippen LogP contribution in [0.15, 0.2) is 36.4 Å². The molecule has 0 aliphatic rings. The van der Waals surface area contributed by atoms with Gasteiger partial charge in [0.1, 0.15) is 22.9 Å². The summed E-state index contributed by atoms with van der Waals surface area (Å²) < 4.78 is 24.0. The van der Waals surface area contributed by atoms with Crippen LogP contribution in [-0.2, 0) is 0 Å². The van der Waals surface area contributed by atoms with Gasteiger partial charge in [0.25, 0.3) is 11.6 Å². The SMILES string of the molecule is COc1ccc([N+](=O)[O-])c(C(=O)Nc2cc(F)ccc2OC(C)C)c1. The van der Waals surface area contributed by atoms with Crippen molar-refractivity contribution in [2.45, 2.75) is 20.0 Å². The summed E-state index contributed by atoms with van der Waals surface area (Å²) in [6.45, 7) is 3.56. The van der Waals surface area contributed by atoms with E-state index in [0.29, 0.717) is 0 Å². The molecule has 0 aromatic heterocycles. The molecular weight excluding hydrogens is 331 g/mol. The Morgan fingerprint density at radius 1 is 1.24 bits per heavy atom. The number of rotatable bonds is 6. The van der Waals surface area contributed by atoms with Crippen LogP contribution in [0, 0.1) is 15.9 Å². The van der Waals surface area contributed by atoms with Crippen molar-refractivity contribution in [3.05, 3.63) is 57.9 Å². The lowest BCUT2D eigenvalue weighted by molar-refractivity contribution is -0.385. The Hall–Kier alpha value is -3.16. The van der Waals surface area contributed by atoms with Crippen molar-refractivity contribution in [1.29, 1.82) is 0 Å². The summed E-state index contributed by atoms with van der Waals surface area (Å²) in [5, 5.41) is 13.6. The maximum absolute atomic E-state index is 13.5. The molecule has 0 unspecified atom stereocenters. The molecule has 132 valence electrons. The number of nitrogens with zero attached hydrogens (tertiary/aromatic N) is 1. The molecule has 0 spiro atoms. The second-order valence-corrected chi connectivity index (χ2v) is 5.40. The van der Waals surface area contributed by atoms with Crippen LogP contribution in [0.4, 0.5) is 15.8 Å². The lowest BCUT2D eigenvalue weighted by Gasteiger charge is -2.15. The minimum Gasteiger partial charge on any atom is -0.497 e. The number of halogens is 1. The van der Waals surface area contributed by atoms with Crippen molar-refractivity contribution in [3.8, 4) is 11.5 Å². The van der Waals surface area contributed by atoms with Crippen LogP contribution in [0.5, 0.6) is 11.5 Å². The molecule has 0 saturated heterocycles. The van der Waals surface area contributed by atoms with Crippen LogP contribution in [0.2, 0.25) is 0 Å². The average Bonchev–Trinajstić information content (AvgIpc) is 2.56. The molecule has 0 fully saturated rings. The first-order chi connectivity index (χ1) is 11.8. The van der Waals surface area contributed by atoms with Crippen molar-refractivity contribution in [2.75, 3.05) is 12.4 Å². The largest absolute Gasteiger partial charge is 0.497 e. The Morgan fingerprint density at radius 2 is 1.96 bits per heavy atom. The van der Waals surface area contributed by atoms with Gasteiger partial charge in [-0.1, -0.05) is 0 Å². The fourth-order valence-corrected chi connectivity index (χ4v) is 2.13. The van der Waals surface area contributed by atoms with Crippen molar-refractivity contribution in [2.24, 2.45) is 0 Å². The normalized spacial score (nSPS) is 10.4. The maximum atomic E-state index is 13.5. The van der Waals surface area contributed by atoms with Gasteiger partial charge in [-0.3, -0.25) is 14.9 Å². The van der Waals surface area contributed by atoms with Crippen LogP contribution in [0.1, 0.15) is 24.2 Å². The van der Waals surface area contributed by atoms with Gasteiger partial charge in [0, 0.05) is 12.1 Å². The first kappa shape index (κ1) is 18.2. The van der Waals surface area contributed by atoms with Gasteiger partial charge in [-0.25, -0.2) is 4.39 Å². The molecule has 1 amide bonds. The van der Waals surface area contributed by atoms with Crippen molar-refractivity contribution < 1.29 is 23.6 Å². The molecule has 7 nitrogen and oxygen atoms in total. The zero-order chi connectivity index (χ0) is 18.6. The Labute approximate surface area is 143 Å². The van der Waals surface area contributed by atoms with E-state index in [1.54, 1.807) is 13.8 Å². The van der Waals surface area contributed by atoms with E-state index in [2.05, 4.69) is 5.32 Å². The van der Waals surface area contributed by atoms with Crippen LogP contribution in [-0.4, -0.2) is 24.0 Å². The molecule has 0 aliphatic heterocycles. The third kappa shape index (κ3) is 4.43. The maximum Gasteiger partial charge on any atom is 0.282 e. The predicted octanol–water partition coefficient (Wildman–Crippen LogP) is 3.78. The first-order valence-electron chi connectivity index (χ1n) is 7.41. The molecule has 0 bridgehead atoms. The highest BCUT2D eigenvalue weighted by Gasteiger charge is 2.22. The highest BCUT2D eigenvalue weighted by atomic mass is 19.1. The van der Waals surface area contributed by atoms with Crippen molar-refractivity contribution in [1.82, 2.24) is 0 Å². The summed E-state index contributed by atoms with van der Waals surface area (Å²) in [5.74, 6) is -0.805. The number of nitrogens with one attached hydrogen (secondary N) is 1. The Kier molecular flexibility index (Phi) is 5.53. The summed E-state index contributed by atoms with van der Waals surface area (Å²) in [5.41, 5.74) is -0.513. The molecule has 0 heterocycles. The summed E-state index contributed by atoms with van der Waals surface area (Å²) in [7, 11) is 1.38. The molecule has 2 rings (SSSR count). The van der Waals surface area contributed by atoms with Crippen LogP contribution < -0.4 is 14.8 Å². The fraction of sp³-hybridized carbons (Fsp3) is 0.235. The number of benzene rings is 2. The fourth-order valence-electron chi connectivity index (χ4n) is 2.13. The Bertz CT molecular complexity index is 808. The number of hydrogen-bond acceptors (Lipinski definition) is 5. The van der Waals surface area contributed by atoms with Crippen LogP contribution >= 0.6 is 0 Å². The lowest BCUT2D eigenvalue weighted by atomic mass is 10.1. The lowest BCUT2D eigenvalue weighted by Crippen LogP contribution is -2.16. The topological polar surface area (TPSA) is 90.7 Å². The molecule has 0 atom stereocenters. The van der Waals surface area contributed by atoms with Gasteiger partial charge in [0.05, 0.1) is 23.8 Å². The van der Waals surface area contributed by atoms with Crippen molar-refractivity contribution in [3.63, 3.8) is 0 Å². The van der Waals surface area contributed by atoms with E-state index in [9.17, 15) is 19.3 Å². The quantitative estimate of drug-likeness (QED) is 0.634. The number of nitro benzene ring substituents is 1. The summed E-state index contributed by atoms with van der Waals surface area (Å²) >= 11 is 0. The second-order valence-electron chi connectivity index (χ2n) is 5.40. The average molecular weight is 348 g/mol. The van der Waals surface area contributed by atoms with Gasteiger partial charge >= 0.3 is 0 Å². The highest BCUT2D eigenvalue weighted by Crippen LogP contribution is 2.29. The Balaban J connectivity index is 2.40. The number of ether oxygens (including phenoxy) is 2.